The molecule has 148 valence electrons. The molecule has 4 aromatic rings. The lowest BCUT2D eigenvalue weighted by molar-refractivity contribution is -0.123. The van der Waals surface area contributed by atoms with Crippen molar-refractivity contribution in [2.24, 2.45) is 0 Å². The molecule has 0 unspecified atom stereocenters. The van der Waals surface area contributed by atoms with Crippen LogP contribution in [0.4, 0.5) is 17.6 Å². The van der Waals surface area contributed by atoms with Crippen molar-refractivity contribution in [3.8, 4) is 22.4 Å². The van der Waals surface area contributed by atoms with Crippen LogP contribution in [0.3, 0.4) is 0 Å². The molecule has 4 rings (SSSR count). The van der Waals surface area contributed by atoms with Crippen LogP contribution in [0.1, 0.15) is 9.67 Å². The van der Waals surface area contributed by atoms with Crippen LogP contribution in [0.2, 0.25) is 0 Å². The van der Waals surface area contributed by atoms with Crippen molar-refractivity contribution in [3.05, 3.63) is 64.7 Å². The minimum atomic E-state index is -4.46. The third-order valence-corrected chi connectivity index (χ3v) is 5.16. The molecular formula is C20H13F4N3OS. The predicted molar refractivity (Wildman–Crippen MR) is 103 cm³/mol. The molecule has 0 radical (unpaired) electrons. The van der Waals surface area contributed by atoms with E-state index in [0.29, 0.717) is 11.2 Å². The summed E-state index contributed by atoms with van der Waals surface area (Å²) in [5.41, 5.74) is 3.65. The fraction of sp³-hybridized carbons (Fsp3) is 0.100. The van der Waals surface area contributed by atoms with Crippen LogP contribution in [-0.4, -0.2) is 28.6 Å². The molecule has 1 amide bonds. The van der Waals surface area contributed by atoms with Gasteiger partial charge in [-0.05, 0) is 59.0 Å². The third-order valence-electron chi connectivity index (χ3n) is 4.23. The van der Waals surface area contributed by atoms with E-state index in [1.54, 1.807) is 23.7 Å². The lowest BCUT2D eigenvalue weighted by atomic mass is 10.1. The monoisotopic (exact) mass is 419 g/mol. The number of benzene rings is 1. The van der Waals surface area contributed by atoms with Gasteiger partial charge in [0.2, 0.25) is 0 Å². The van der Waals surface area contributed by atoms with E-state index in [2.05, 4.69) is 9.97 Å². The van der Waals surface area contributed by atoms with Crippen molar-refractivity contribution >= 4 is 28.3 Å². The van der Waals surface area contributed by atoms with Gasteiger partial charge in [0, 0.05) is 22.8 Å². The van der Waals surface area contributed by atoms with Crippen molar-refractivity contribution in [1.29, 1.82) is 0 Å². The first-order valence-corrected chi connectivity index (χ1v) is 9.35. The summed E-state index contributed by atoms with van der Waals surface area (Å²) in [6, 6.07) is 11.3. The standard InChI is InChI=1S/C20H13F4N3OS/c21-15-3-1-11(2-4-15)16-6-12-5-13(8-25-18(12)27-16)14-7-17(29-9-14)19(28)26-10-20(22,23)24/h1-9H,10H2,(H,25,27)(H,26,28). The van der Waals surface area contributed by atoms with E-state index in [9.17, 15) is 22.4 Å². The van der Waals surface area contributed by atoms with Gasteiger partial charge in [-0.1, -0.05) is 0 Å². The number of aromatic amines is 1. The van der Waals surface area contributed by atoms with Gasteiger partial charge in [0.15, 0.2) is 0 Å². The molecule has 29 heavy (non-hydrogen) atoms. The second-order valence-corrected chi connectivity index (χ2v) is 7.26. The number of rotatable bonds is 4. The van der Waals surface area contributed by atoms with Crippen molar-refractivity contribution < 1.29 is 22.4 Å². The van der Waals surface area contributed by atoms with Crippen molar-refractivity contribution in [1.82, 2.24) is 15.3 Å². The van der Waals surface area contributed by atoms with Crippen molar-refractivity contribution in [2.75, 3.05) is 6.54 Å². The predicted octanol–water partition coefficient (Wildman–Crippen LogP) is 5.39. The van der Waals surface area contributed by atoms with Gasteiger partial charge >= 0.3 is 6.18 Å². The Morgan fingerprint density at radius 3 is 2.55 bits per heavy atom. The van der Waals surface area contributed by atoms with Crippen LogP contribution < -0.4 is 5.32 Å². The van der Waals surface area contributed by atoms with Gasteiger partial charge in [-0.3, -0.25) is 4.79 Å². The van der Waals surface area contributed by atoms with E-state index in [0.717, 1.165) is 33.5 Å². The first kappa shape index (κ1) is 19.1. The molecular weight excluding hydrogens is 406 g/mol. The molecule has 4 nitrogen and oxygen atoms in total. The normalized spacial score (nSPS) is 11.7. The average molecular weight is 419 g/mol. The third kappa shape index (κ3) is 4.29. The second-order valence-electron chi connectivity index (χ2n) is 6.35. The molecule has 0 saturated carbocycles. The molecule has 0 spiro atoms. The number of nitrogens with zero attached hydrogens (tertiary/aromatic N) is 1. The van der Waals surface area contributed by atoms with Crippen LogP contribution >= 0.6 is 11.3 Å². The van der Waals surface area contributed by atoms with Gasteiger partial charge in [-0.25, -0.2) is 9.37 Å². The smallest absolute Gasteiger partial charge is 0.342 e. The number of thiophene rings is 1. The Kier molecular flexibility index (Phi) is 4.83. The quantitative estimate of drug-likeness (QED) is 0.436. The molecule has 0 aliphatic rings. The van der Waals surface area contributed by atoms with Crippen LogP contribution in [0.25, 0.3) is 33.4 Å². The second kappa shape index (κ2) is 7.32. The number of fused-ring (bicyclic) bond motifs is 1. The van der Waals surface area contributed by atoms with Crippen LogP contribution in [0.5, 0.6) is 0 Å². The van der Waals surface area contributed by atoms with Crippen LogP contribution in [-0.2, 0) is 0 Å². The highest BCUT2D eigenvalue weighted by Crippen LogP contribution is 2.30. The topological polar surface area (TPSA) is 57.8 Å². The highest BCUT2D eigenvalue weighted by molar-refractivity contribution is 7.12. The molecule has 0 aliphatic carbocycles. The Balaban J connectivity index is 1.58. The number of carbonyl (C=O) groups excluding carboxylic acids is 1. The lowest BCUT2D eigenvalue weighted by Gasteiger charge is -2.06. The fourth-order valence-corrected chi connectivity index (χ4v) is 3.66. The van der Waals surface area contributed by atoms with E-state index in [1.807, 2.05) is 17.4 Å². The molecule has 9 heteroatoms. The summed E-state index contributed by atoms with van der Waals surface area (Å²) >= 11 is 1.06. The number of H-pyrrole nitrogens is 1. The van der Waals surface area contributed by atoms with Crippen LogP contribution in [0.15, 0.2) is 54.0 Å². The van der Waals surface area contributed by atoms with Gasteiger partial charge < -0.3 is 10.3 Å². The van der Waals surface area contributed by atoms with E-state index in [-0.39, 0.29) is 10.7 Å². The van der Waals surface area contributed by atoms with E-state index >= 15 is 0 Å². The summed E-state index contributed by atoms with van der Waals surface area (Å²) < 4.78 is 49.9. The zero-order valence-corrected chi connectivity index (χ0v) is 15.5. The van der Waals surface area contributed by atoms with E-state index in [4.69, 9.17) is 0 Å². The molecule has 0 fully saturated rings. The van der Waals surface area contributed by atoms with Crippen LogP contribution in [0, 0.1) is 5.82 Å². The zero-order chi connectivity index (χ0) is 20.6. The van der Waals surface area contributed by atoms with Crippen molar-refractivity contribution in [3.63, 3.8) is 0 Å². The summed E-state index contributed by atoms with van der Waals surface area (Å²) in [5, 5.41) is 4.37. The van der Waals surface area contributed by atoms with Gasteiger partial charge in [0.05, 0.1) is 4.88 Å². The Morgan fingerprint density at radius 2 is 1.83 bits per heavy atom. The van der Waals surface area contributed by atoms with Gasteiger partial charge in [0.25, 0.3) is 5.91 Å². The minimum Gasteiger partial charge on any atom is -0.342 e. The average Bonchev–Trinajstić information content (AvgIpc) is 3.32. The molecule has 3 aromatic heterocycles. The molecule has 3 heterocycles. The van der Waals surface area contributed by atoms with E-state index in [1.165, 1.54) is 18.2 Å². The summed E-state index contributed by atoms with van der Waals surface area (Å²) in [7, 11) is 0. The first-order chi connectivity index (χ1) is 13.8. The number of hydrogen-bond acceptors (Lipinski definition) is 3. The molecule has 0 saturated heterocycles. The molecule has 0 bridgehead atoms. The number of carbonyl (C=O) groups is 1. The highest BCUT2D eigenvalue weighted by atomic mass is 32.1. The van der Waals surface area contributed by atoms with Gasteiger partial charge in [-0.15, -0.1) is 11.3 Å². The van der Waals surface area contributed by atoms with E-state index < -0.39 is 18.6 Å². The number of amides is 1. The van der Waals surface area contributed by atoms with Gasteiger partial charge in [0.1, 0.15) is 18.0 Å². The Hall–Kier alpha value is -3.20. The maximum atomic E-state index is 13.1. The molecule has 0 aliphatic heterocycles. The Labute approximate surface area is 166 Å². The summed E-state index contributed by atoms with van der Waals surface area (Å²) in [4.78, 5) is 19.6. The summed E-state index contributed by atoms with van der Waals surface area (Å²) in [6.07, 6.45) is -2.84. The first-order valence-electron chi connectivity index (χ1n) is 8.47. The highest BCUT2D eigenvalue weighted by Gasteiger charge is 2.28. The zero-order valence-electron chi connectivity index (χ0n) is 14.7. The lowest BCUT2D eigenvalue weighted by Crippen LogP contribution is -2.33. The number of aromatic nitrogens is 2. The number of hydrogen-bond donors (Lipinski definition) is 2. The fourth-order valence-electron chi connectivity index (χ4n) is 2.83. The number of nitrogens with one attached hydrogen (secondary N) is 2. The molecule has 0 atom stereocenters. The number of pyridine rings is 1. The maximum Gasteiger partial charge on any atom is 0.405 e. The largest absolute Gasteiger partial charge is 0.405 e. The number of alkyl halides is 3. The number of halogens is 4. The van der Waals surface area contributed by atoms with Gasteiger partial charge in [-0.2, -0.15) is 13.2 Å². The SMILES string of the molecule is O=C(NCC(F)(F)F)c1cc(-c2cnc3[nH]c(-c4ccc(F)cc4)cc3c2)cs1. The summed E-state index contributed by atoms with van der Waals surface area (Å²) in [6.45, 7) is -1.37. The maximum absolute atomic E-state index is 13.1. The molecule has 2 N–H and O–H groups in total. The minimum absolute atomic E-state index is 0.186. The van der Waals surface area contributed by atoms with Crippen molar-refractivity contribution in [2.45, 2.75) is 6.18 Å². The Bertz CT molecular complexity index is 1180. The molecule has 1 aromatic carbocycles. The Morgan fingerprint density at radius 1 is 1.07 bits per heavy atom. The summed E-state index contributed by atoms with van der Waals surface area (Å²) in [5.74, 6) is -1.09.